The molecule has 0 radical (unpaired) electrons. The molecule has 3 rings (SSSR count). The Morgan fingerprint density at radius 2 is 2.27 bits per heavy atom. The quantitative estimate of drug-likeness (QED) is 0.800. The SMILES string of the molecule is O=C(NC[C@@H]1CCC[C@H](O)C1)Nc1cc(Cl)cc2c1OCC2. The van der Waals surface area contributed by atoms with Crippen LogP contribution in [0.15, 0.2) is 12.1 Å². The average Bonchev–Trinajstić information content (AvgIpc) is 2.93. The van der Waals surface area contributed by atoms with E-state index in [1.165, 1.54) is 0 Å². The Bertz CT molecular complexity index is 565. The van der Waals surface area contributed by atoms with E-state index in [-0.39, 0.29) is 12.1 Å². The van der Waals surface area contributed by atoms with Crippen molar-refractivity contribution in [3.05, 3.63) is 22.7 Å². The zero-order valence-corrected chi connectivity index (χ0v) is 13.2. The first-order valence-electron chi connectivity index (χ1n) is 7.80. The van der Waals surface area contributed by atoms with Gasteiger partial charge >= 0.3 is 6.03 Å². The monoisotopic (exact) mass is 324 g/mol. The number of hydrogen-bond donors (Lipinski definition) is 3. The highest BCUT2D eigenvalue weighted by Crippen LogP contribution is 2.36. The van der Waals surface area contributed by atoms with Crippen LogP contribution in [0.1, 0.15) is 31.2 Å². The number of carbonyl (C=O) groups is 1. The van der Waals surface area contributed by atoms with Crippen molar-refractivity contribution < 1.29 is 14.6 Å². The van der Waals surface area contributed by atoms with Gasteiger partial charge in [-0.05, 0) is 37.3 Å². The molecule has 0 aromatic heterocycles. The van der Waals surface area contributed by atoms with Gasteiger partial charge in [0.15, 0.2) is 0 Å². The number of nitrogens with one attached hydrogen (secondary N) is 2. The van der Waals surface area contributed by atoms with E-state index >= 15 is 0 Å². The van der Waals surface area contributed by atoms with Gasteiger partial charge in [-0.2, -0.15) is 0 Å². The Morgan fingerprint density at radius 1 is 1.41 bits per heavy atom. The summed E-state index contributed by atoms with van der Waals surface area (Å²) in [5.41, 5.74) is 1.64. The number of ether oxygens (including phenoxy) is 1. The fourth-order valence-electron chi connectivity index (χ4n) is 3.21. The number of carbonyl (C=O) groups excluding carboxylic acids is 1. The number of aliphatic hydroxyl groups excluding tert-OH is 1. The van der Waals surface area contributed by atoms with Crippen molar-refractivity contribution >= 4 is 23.3 Å². The van der Waals surface area contributed by atoms with Gasteiger partial charge in [0.25, 0.3) is 0 Å². The number of rotatable bonds is 3. The van der Waals surface area contributed by atoms with Crippen LogP contribution in [-0.4, -0.2) is 30.4 Å². The summed E-state index contributed by atoms with van der Waals surface area (Å²) < 4.78 is 5.56. The van der Waals surface area contributed by atoms with Crippen molar-refractivity contribution in [2.24, 2.45) is 5.92 Å². The molecule has 1 aliphatic carbocycles. The van der Waals surface area contributed by atoms with Gasteiger partial charge in [-0.3, -0.25) is 0 Å². The van der Waals surface area contributed by atoms with E-state index in [1.54, 1.807) is 6.07 Å². The summed E-state index contributed by atoms with van der Waals surface area (Å²) in [7, 11) is 0. The third-order valence-corrected chi connectivity index (χ3v) is 4.52. The van der Waals surface area contributed by atoms with Crippen LogP contribution < -0.4 is 15.4 Å². The van der Waals surface area contributed by atoms with Gasteiger partial charge in [0.2, 0.25) is 0 Å². The topological polar surface area (TPSA) is 70.6 Å². The molecule has 1 aromatic rings. The molecule has 1 heterocycles. The van der Waals surface area contributed by atoms with Gasteiger partial charge in [0.05, 0.1) is 18.4 Å². The lowest BCUT2D eigenvalue weighted by molar-refractivity contribution is 0.101. The molecule has 1 aliphatic heterocycles. The summed E-state index contributed by atoms with van der Waals surface area (Å²) in [6.45, 7) is 1.19. The fourth-order valence-corrected chi connectivity index (χ4v) is 3.45. The Hall–Kier alpha value is -1.46. The second-order valence-electron chi connectivity index (χ2n) is 6.06. The van der Waals surface area contributed by atoms with Crippen molar-refractivity contribution in [2.45, 2.75) is 38.2 Å². The normalized spacial score (nSPS) is 23.5. The smallest absolute Gasteiger partial charge is 0.319 e. The van der Waals surface area contributed by atoms with Crippen LogP contribution in [0.4, 0.5) is 10.5 Å². The van der Waals surface area contributed by atoms with Crippen LogP contribution in [0.3, 0.4) is 0 Å². The molecule has 3 N–H and O–H groups in total. The minimum absolute atomic E-state index is 0.229. The standard InChI is InChI=1S/C16H21ClN2O3/c17-12-7-11-4-5-22-15(11)14(8-12)19-16(21)18-9-10-2-1-3-13(20)6-10/h7-8,10,13,20H,1-6,9H2,(H2,18,19,21)/t10-,13+/m1/s1. The minimum atomic E-state index is -0.264. The highest BCUT2D eigenvalue weighted by atomic mass is 35.5. The zero-order chi connectivity index (χ0) is 15.5. The van der Waals surface area contributed by atoms with E-state index in [4.69, 9.17) is 16.3 Å². The molecule has 22 heavy (non-hydrogen) atoms. The van der Waals surface area contributed by atoms with Crippen LogP contribution in [0.5, 0.6) is 5.75 Å². The molecule has 1 fully saturated rings. The van der Waals surface area contributed by atoms with Crippen molar-refractivity contribution in [3.8, 4) is 5.75 Å². The first-order valence-corrected chi connectivity index (χ1v) is 8.18. The second-order valence-corrected chi connectivity index (χ2v) is 6.50. The van der Waals surface area contributed by atoms with Crippen LogP contribution in [0, 0.1) is 5.92 Å². The Morgan fingerprint density at radius 3 is 3.09 bits per heavy atom. The first kappa shape index (κ1) is 15.4. The van der Waals surface area contributed by atoms with Crippen LogP contribution >= 0.6 is 11.6 Å². The lowest BCUT2D eigenvalue weighted by atomic mass is 9.87. The summed E-state index contributed by atoms with van der Waals surface area (Å²) >= 11 is 6.07. The molecule has 1 aromatic carbocycles. The average molecular weight is 325 g/mol. The molecule has 2 amide bonds. The largest absolute Gasteiger partial charge is 0.491 e. The summed E-state index contributed by atoms with van der Waals surface area (Å²) in [5, 5.41) is 15.9. The lowest BCUT2D eigenvalue weighted by Gasteiger charge is -2.25. The predicted octanol–water partition coefficient (Wildman–Crippen LogP) is 2.95. The zero-order valence-electron chi connectivity index (χ0n) is 12.4. The number of benzene rings is 1. The number of amides is 2. The van der Waals surface area contributed by atoms with Crippen molar-refractivity contribution in [1.82, 2.24) is 5.32 Å². The summed E-state index contributed by atoms with van der Waals surface area (Å²) in [4.78, 5) is 12.1. The number of hydrogen-bond acceptors (Lipinski definition) is 3. The molecular formula is C16H21ClN2O3. The van der Waals surface area contributed by atoms with E-state index in [9.17, 15) is 9.90 Å². The maximum Gasteiger partial charge on any atom is 0.319 e. The molecular weight excluding hydrogens is 304 g/mol. The third kappa shape index (κ3) is 3.65. The molecule has 0 saturated heterocycles. The van der Waals surface area contributed by atoms with E-state index in [1.807, 2.05) is 6.07 Å². The number of aliphatic hydroxyl groups is 1. The number of fused-ring (bicyclic) bond motifs is 1. The molecule has 6 heteroatoms. The third-order valence-electron chi connectivity index (χ3n) is 4.30. The second kappa shape index (κ2) is 6.75. The Kier molecular flexibility index (Phi) is 4.74. The minimum Gasteiger partial charge on any atom is -0.491 e. The van der Waals surface area contributed by atoms with Gasteiger partial charge in [-0.25, -0.2) is 4.79 Å². The van der Waals surface area contributed by atoms with Crippen molar-refractivity contribution in [1.29, 1.82) is 0 Å². The summed E-state index contributed by atoms with van der Waals surface area (Å²) in [5.74, 6) is 1.06. The first-order chi connectivity index (χ1) is 10.6. The maximum absolute atomic E-state index is 12.1. The van der Waals surface area contributed by atoms with E-state index in [2.05, 4.69) is 10.6 Å². The lowest BCUT2D eigenvalue weighted by Crippen LogP contribution is -2.35. The molecule has 5 nitrogen and oxygen atoms in total. The van der Waals surface area contributed by atoms with Gasteiger partial charge in [0.1, 0.15) is 5.75 Å². The Balaban J connectivity index is 1.56. The number of anilines is 1. The molecule has 2 atom stereocenters. The van der Waals surface area contributed by atoms with Gasteiger partial charge in [-0.1, -0.05) is 18.0 Å². The number of halogens is 1. The van der Waals surface area contributed by atoms with Crippen molar-refractivity contribution in [3.63, 3.8) is 0 Å². The molecule has 120 valence electrons. The van der Waals surface area contributed by atoms with Gasteiger partial charge < -0.3 is 20.5 Å². The predicted molar refractivity (Wildman–Crippen MR) is 85.6 cm³/mol. The summed E-state index contributed by atoms with van der Waals surface area (Å²) in [6.07, 6.45) is 4.28. The maximum atomic E-state index is 12.1. The number of urea groups is 1. The molecule has 0 spiro atoms. The molecule has 0 bridgehead atoms. The van der Waals surface area contributed by atoms with E-state index in [0.717, 1.165) is 37.7 Å². The van der Waals surface area contributed by atoms with E-state index in [0.29, 0.717) is 35.5 Å². The molecule has 2 aliphatic rings. The van der Waals surface area contributed by atoms with Crippen molar-refractivity contribution in [2.75, 3.05) is 18.5 Å². The van der Waals surface area contributed by atoms with E-state index < -0.39 is 0 Å². The Labute approximate surface area is 135 Å². The molecule has 0 unspecified atom stereocenters. The van der Waals surface area contributed by atoms with Gasteiger partial charge in [-0.15, -0.1) is 0 Å². The van der Waals surface area contributed by atoms with Crippen LogP contribution in [0.25, 0.3) is 0 Å². The van der Waals surface area contributed by atoms with Crippen LogP contribution in [0.2, 0.25) is 5.02 Å². The summed E-state index contributed by atoms with van der Waals surface area (Å²) in [6, 6.07) is 3.31. The van der Waals surface area contributed by atoms with Crippen LogP contribution in [-0.2, 0) is 6.42 Å². The highest BCUT2D eigenvalue weighted by molar-refractivity contribution is 6.31. The highest BCUT2D eigenvalue weighted by Gasteiger charge is 2.22. The van der Waals surface area contributed by atoms with Gasteiger partial charge in [0, 0.05) is 23.6 Å². The fraction of sp³-hybridized carbons (Fsp3) is 0.562. The molecule has 1 saturated carbocycles.